The molecule has 0 bridgehead atoms. The number of nitrogens with one attached hydrogen (secondary N) is 6. The van der Waals surface area contributed by atoms with Crippen molar-refractivity contribution in [1.29, 1.82) is 0 Å². The third-order valence-corrected chi connectivity index (χ3v) is 14.2. The first kappa shape index (κ1) is 72.2. The zero-order valence-corrected chi connectivity index (χ0v) is 49.9. The monoisotopic (exact) mass is 1120 g/mol. The highest BCUT2D eigenvalue weighted by Crippen LogP contribution is 2.18. The van der Waals surface area contributed by atoms with Gasteiger partial charge < -0.3 is 51.2 Å². The fourth-order valence-electron chi connectivity index (χ4n) is 9.60. The van der Waals surface area contributed by atoms with Crippen molar-refractivity contribution in [2.24, 2.45) is 0 Å². The van der Waals surface area contributed by atoms with Crippen LogP contribution in [0.2, 0.25) is 0 Å². The Bertz CT molecular complexity index is 1650. The first-order valence-corrected chi connectivity index (χ1v) is 31.2. The van der Waals surface area contributed by atoms with E-state index in [0.29, 0.717) is 25.9 Å². The molecule has 8 amide bonds. The Labute approximate surface area is 476 Å². The van der Waals surface area contributed by atoms with Gasteiger partial charge in [-0.1, -0.05) is 206 Å². The fraction of sp³-hybridized carbons (Fsp3) is 0.850. The molecule has 0 unspecified atom stereocenters. The van der Waals surface area contributed by atoms with Gasteiger partial charge in [-0.05, 0) is 39.5 Å². The van der Waals surface area contributed by atoms with Crippen LogP contribution in [0.1, 0.15) is 246 Å². The van der Waals surface area contributed by atoms with E-state index < -0.39 is 92.7 Å². The summed E-state index contributed by atoms with van der Waals surface area (Å²) in [5.41, 5.74) is 0. The third-order valence-electron chi connectivity index (χ3n) is 14.2. The molecular formula is C60H110N8O11. The van der Waals surface area contributed by atoms with Crippen molar-refractivity contribution in [3.63, 3.8) is 0 Å². The van der Waals surface area contributed by atoms with Crippen molar-refractivity contribution >= 4 is 53.2 Å². The van der Waals surface area contributed by atoms with Crippen molar-refractivity contribution in [3.8, 4) is 0 Å². The molecule has 1 heterocycles. The van der Waals surface area contributed by atoms with Crippen LogP contribution in [0.15, 0.2) is 0 Å². The van der Waals surface area contributed by atoms with Gasteiger partial charge in [-0.2, -0.15) is 0 Å². The third kappa shape index (κ3) is 42.7. The highest BCUT2D eigenvalue weighted by molar-refractivity contribution is 5.94. The van der Waals surface area contributed by atoms with Gasteiger partial charge in [-0.3, -0.25) is 43.2 Å². The van der Waals surface area contributed by atoms with Crippen LogP contribution in [-0.2, 0) is 52.6 Å². The van der Waals surface area contributed by atoms with Gasteiger partial charge in [0.05, 0.1) is 38.8 Å². The molecule has 1 rings (SSSR count). The number of hydrogen-bond acceptors (Lipinski definition) is 11. The van der Waals surface area contributed by atoms with Crippen molar-refractivity contribution < 1.29 is 52.6 Å². The van der Waals surface area contributed by atoms with Crippen molar-refractivity contribution in [3.05, 3.63) is 0 Å². The zero-order valence-electron chi connectivity index (χ0n) is 49.9. The lowest BCUT2D eigenvalue weighted by Gasteiger charge is -2.24. The van der Waals surface area contributed by atoms with E-state index in [1.165, 1.54) is 172 Å². The maximum Gasteiger partial charge on any atom is 0.325 e. The molecule has 0 spiro atoms. The predicted molar refractivity (Wildman–Crippen MR) is 311 cm³/mol. The lowest BCUT2D eigenvalue weighted by Crippen LogP contribution is -2.51. The minimum atomic E-state index is -0.876. The van der Waals surface area contributed by atoms with Crippen molar-refractivity contribution in [2.45, 2.75) is 258 Å². The number of ether oxygens (including phenoxy) is 2. The summed E-state index contributed by atoms with van der Waals surface area (Å²) in [4.78, 5) is 116. The molecule has 1 aliphatic rings. The van der Waals surface area contributed by atoms with Crippen LogP contribution in [0.4, 0.5) is 0 Å². The van der Waals surface area contributed by atoms with E-state index >= 15 is 0 Å². The summed E-state index contributed by atoms with van der Waals surface area (Å²) in [5, 5.41) is 14.3. The van der Waals surface area contributed by atoms with Gasteiger partial charge in [0.15, 0.2) is 0 Å². The van der Waals surface area contributed by atoms with Crippen LogP contribution in [0, 0.1) is 0 Å². The molecule has 0 aromatic carbocycles. The number of carbonyl (C=O) groups excluding carboxylic acids is 9. The number of rotatable bonds is 52. The summed E-state index contributed by atoms with van der Waals surface area (Å²) in [7, 11) is 0. The Morgan fingerprint density at radius 2 is 0.772 bits per heavy atom. The largest absolute Gasteiger partial charge is 0.462 e. The Hall–Kier alpha value is -4.81. The van der Waals surface area contributed by atoms with E-state index in [-0.39, 0.29) is 31.7 Å². The molecular weight excluding hydrogens is 1010 g/mol. The zero-order chi connectivity index (χ0) is 58.0. The molecule has 1 aliphatic heterocycles. The standard InChI is InChI=1S/C60H110N8O11/c1-5-7-9-11-13-15-17-19-21-23-25-27-29-31-33-35-39-67(40-36-34-32-30-28-26-24-22-20-18-16-14-12-10-8-6-2)58(75)49-78-48-56(73)63-44-52(69)61-42-53(70)64-46-57(74)68-41-37-38-51(68)60(77)66-45-55(72)62-43-54(71)65-47-59(76)79-50(3)4/h50-51H,5-49H2,1-4H3,(H,61,69)(H,62,72)(H,63,73)(H,64,70)(H,65,71)(H,66,77)/t51-/m0/s1. The van der Waals surface area contributed by atoms with Gasteiger partial charge >= 0.3 is 5.97 Å². The smallest absolute Gasteiger partial charge is 0.325 e. The van der Waals surface area contributed by atoms with Gasteiger partial charge in [-0.15, -0.1) is 0 Å². The van der Waals surface area contributed by atoms with Gasteiger partial charge in [0.25, 0.3) is 0 Å². The SMILES string of the molecule is CCCCCCCCCCCCCCCCCCN(CCCCCCCCCCCCCCCCCC)C(=O)COCC(=O)NCC(=O)NCC(=O)NCC(=O)N1CCC[C@H]1C(=O)NCC(=O)NCC(=O)NCC(=O)OC(C)C. The van der Waals surface area contributed by atoms with Crippen LogP contribution in [0.25, 0.3) is 0 Å². The van der Waals surface area contributed by atoms with Crippen LogP contribution in [0.3, 0.4) is 0 Å². The van der Waals surface area contributed by atoms with E-state index in [4.69, 9.17) is 9.47 Å². The Kier molecular flexibility index (Phi) is 45.9. The first-order valence-electron chi connectivity index (χ1n) is 31.2. The molecule has 456 valence electrons. The molecule has 0 aromatic rings. The Morgan fingerprint density at radius 1 is 0.430 bits per heavy atom. The average molecular weight is 1120 g/mol. The quantitative estimate of drug-likeness (QED) is 0.0252. The summed E-state index contributed by atoms with van der Waals surface area (Å²) in [6, 6.07) is -0.876. The Balaban J connectivity index is 2.38. The lowest BCUT2D eigenvalue weighted by atomic mass is 10.0. The van der Waals surface area contributed by atoms with E-state index in [0.717, 1.165) is 38.5 Å². The molecule has 0 radical (unpaired) electrons. The second-order valence-electron chi connectivity index (χ2n) is 21.9. The van der Waals surface area contributed by atoms with Crippen molar-refractivity contribution in [2.75, 3.05) is 72.1 Å². The molecule has 79 heavy (non-hydrogen) atoms. The number of amides is 8. The second kappa shape index (κ2) is 50.2. The van der Waals surface area contributed by atoms with E-state index in [2.05, 4.69) is 45.7 Å². The summed E-state index contributed by atoms with van der Waals surface area (Å²) in [6.07, 6.45) is 41.6. The molecule has 19 heteroatoms. The highest BCUT2D eigenvalue weighted by Gasteiger charge is 2.34. The number of esters is 1. The molecule has 1 fully saturated rings. The number of hydrogen-bond donors (Lipinski definition) is 6. The van der Waals surface area contributed by atoms with E-state index in [1.54, 1.807) is 13.8 Å². The predicted octanol–water partition coefficient (Wildman–Crippen LogP) is 7.99. The minimum Gasteiger partial charge on any atom is -0.462 e. The van der Waals surface area contributed by atoms with Crippen LogP contribution >= 0.6 is 0 Å². The molecule has 1 saturated heterocycles. The van der Waals surface area contributed by atoms with Crippen LogP contribution < -0.4 is 31.9 Å². The molecule has 19 nitrogen and oxygen atoms in total. The topological polar surface area (TPSA) is 251 Å². The minimum absolute atomic E-state index is 0.148. The summed E-state index contributed by atoms with van der Waals surface area (Å²) in [5.74, 6) is -5.09. The molecule has 1 atom stereocenters. The summed E-state index contributed by atoms with van der Waals surface area (Å²) < 4.78 is 10.4. The van der Waals surface area contributed by atoms with Crippen LogP contribution in [-0.4, -0.2) is 147 Å². The van der Waals surface area contributed by atoms with Crippen molar-refractivity contribution in [1.82, 2.24) is 41.7 Å². The first-order chi connectivity index (χ1) is 38.3. The summed E-state index contributed by atoms with van der Waals surface area (Å²) in [6.45, 7) is 6.22. The van der Waals surface area contributed by atoms with Gasteiger partial charge in [-0.25, -0.2) is 0 Å². The van der Waals surface area contributed by atoms with E-state index in [9.17, 15) is 43.2 Å². The highest BCUT2D eigenvalue weighted by atomic mass is 16.5. The van der Waals surface area contributed by atoms with Gasteiger partial charge in [0, 0.05) is 19.6 Å². The van der Waals surface area contributed by atoms with Gasteiger partial charge in [0.2, 0.25) is 47.3 Å². The molecule has 0 saturated carbocycles. The van der Waals surface area contributed by atoms with Gasteiger partial charge in [0.1, 0.15) is 25.8 Å². The number of carbonyl (C=O) groups is 9. The summed E-state index contributed by atoms with van der Waals surface area (Å²) >= 11 is 0. The van der Waals surface area contributed by atoms with Crippen LogP contribution in [0.5, 0.6) is 0 Å². The normalized spacial score (nSPS) is 13.0. The number of unbranched alkanes of at least 4 members (excludes halogenated alkanes) is 30. The molecule has 0 aromatic heterocycles. The Morgan fingerprint density at radius 3 is 1.16 bits per heavy atom. The number of likely N-dealkylation sites (tertiary alicyclic amines) is 1. The lowest BCUT2D eigenvalue weighted by molar-refractivity contribution is -0.147. The average Bonchev–Trinajstić information content (AvgIpc) is 3.94. The maximum atomic E-state index is 13.4. The maximum absolute atomic E-state index is 13.4. The molecule has 6 N–H and O–H groups in total. The van der Waals surface area contributed by atoms with E-state index in [1.807, 2.05) is 4.90 Å². The second-order valence-corrected chi connectivity index (χ2v) is 21.9. The number of nitrogens with zero attached hydrogens (tertiary/aromatic N) is 2. The fourth-order valence-corrected chi connectivity index (χ4v) is 9.60. The molecule has 0 aliphatic carbocycles.